The third-order valence-corrected chi connectivity index (χ3v) is 5.55. The lowest BCUT2D eigenvalue weighted by atomic mass is 9.97. The third-order valence-electron chi connectivity index (χ3n) is 5.29. The second kappa shape index (κ2) is 8.09. The Morgan fingerprint density at radius 1 is 1.12 bits per heavy atom. The first-order valence-corrected chi connectivity index (χ1v) is 9.13. The molecule has 134 valence electrons. The lowest BCUT2D eigenvalue weighted by molar-refractivity contribution is 0.0715. The molecule has 2 fully saturated rings. The summed E-state index contributed by atoms with van der Waals surface area (Å²) in [6.07, 6.45) is 0.772. The van der Waals surface area contributed by atoms with Crippen LogP contribution in [0, 0.1) is 0 Å². The maximum absolute atomic E-state index is 12.5. The highest BCUT2D eigenvalue weighted by Crippen LogP contribution is 2.32. The van der Waals surface area contributed by atoms with Crippen LogP contribution in [0.25, 0.3) is 0 Å². The number of alkyl halides is 2. The van der Waals surface area contributed by atoms with Gasteiger partial charge in [-0.15, -0.1) is 0 Å². The molecule has 1 N–H and O–H groups in total. The summed E-state index contributed by atoms with van der Waals surface area (Å²) in [5, 5.41) is 4.56. The lowest BCUT2D eigenvalue weighted by Gasteiger charge is -2.35. The molecule has 2 aliphatic rings. The lowest BCUT2D eigenvalue weighted by Crippen LogP contribution is -2.48. The van der Waals surface area contributed by atoms with E-state index in [4.69, 9.17) is 11.6 Å². The number of piperidine rings is 1. The van der Waals surface area contributed by atoms with Gasteiger partial charge in [-0.2, -0.15) is 0 Å². The van der Waals surface area contributed by atoms with Crippen molar-refractivity contribution in [2.24, 2.45) is 0 Å². The van der Waals surface area contributed by atoms with Crippen molar-refractivity contribution in [3.05, 3.63) is 34.9 Å². The van der Waals surface area contributed by atoms with Gasteiger partial charge in [0, 0.05) is 29.7 Å². The van der Waals surface area contributed by atoms with Crippen molar-refractivity contribution < 1.29 is 8.78 Å². The topological polar surface area (TPSA) is 18.5 Å². The first-order valence-electron chi connectivity index (χ1n) is 8.75. The summed E-state index contributed by atoms with van der Waals surface area (Å²) in [5.41, 5.74) is 1.28. The summed E-state index contributed by atoms with van der Waals surface area (Å²) in [7, 11) is 2.16. The fourth-order valence-electron chi connectivity index (χ4n) is 4.05. The molecule has 2 aliphatic heterocycles. The van der Waals surface area contributed by atoms with Gasteiger partial charge in [-0.25, -0.2) is 8.78 Å². The first kappa shape index (κ1) is 18.1. The molecule has 6 heteroatoms. The van der Waals surface area contributed by atoms with Crippen LogP contribution in [-0.2, 0) is 0 Å². The fraction of sp³-hybridized carbons (Fsp3) is 0.667. The smallest absolute Gasteiger partial charge is 0.251 e. The normalized spacial score (nSPS) is 27.2. The van der Waals surface area contributed by atoms with E-state index in [1.165, 1.54) is 5.56 Å². The van der Waals surface area contributed by atoms with Gasteiger partial charge in [0.25, 0.3) is 6.43 Å². The Balaban J connectivity index is 1.57. The second-order valence-corrected chi connectivity index (χ2v) is 7.44. The predicted molar refractivity (Wildman–Crippen MR) is 93.8 cm³/mol. The Bertz CT molecular complexity index is 518. The number of nitrogens with one attached hydrogen (secondary N) is 1. The largest absolute Gasteiger partial charge is 0.309 e. The molecule has 0 amide bonds. The summed E-state index contributed by atoms with van der Waals surface area (Å²) in [5.74, 6) is 0. The Kier molecular flexibility index (Phi) is 6.08. The average Bonchev–Trinajstić information content (AvgIpc) is 2.90. The summed E-state index contributed by atoms with van der Waals surface area (Å²) < 4.78 is 25.0. The van der Waals surface area contributed by atoms with Gasteiger partial charge in [0.1, 0.15) is 0 Å². The molecule has 0 aromatic heterocycles. The van der Waals surface area contributed by atoms with E-state index in [1.807, 2.05) is 17.0 Å². The fourth-order valence-corrected chi connectivity index (χ4v) is 4.17. The van der Waals surface area contributed by atoms with Crippen LogP contribution in [0.2, 0.25) is 5.02 Å². The number of likely N-dealkylation sites (tertiary alicyclic amines) is 2. The van der Waals surface area contributed by atoms with Gasteiger partial charge in [-0.3, -0.25) is 9.80 Å². The minimum absolute atomic E-state index is 0.0910. The number of rotatable bonds is 5. The Labute approximate surface area is 148 Å². The monoisotopic (exact) mass is 357 g/mol. The van der Waals surface area contributed by atoms with E-state index in [0.717, 1.165) is 43.9 Å². The number of halogens is 3. The molecule has 0 bridgehead atoms. The number of likely N-dealkylation sites (N-methyl/N-ethyl adjacent to an activating group) is 1. The van der Waals surface area contributed by atoms with Gasteiger partial charge in [0.15, 0.2) is 0 Å². The summed E-state index contributed by atoms with van der Waals surface area (Å²) in [4.78, 5) is 4.26. The molecule has 3 nitrogen and oxygen atoms in total. The minimum Gasteiger partial charge on any atom is -0.309 e. The molecule has 2 atom stereocenters. The maximum Gasteiger partial charge on any atom is 0.251 e. The average molecular weight is 358 g/mol. The Morgan fingerprint density at radius 2 is 1.79 bits per heavy atom. The molecule has 3 rings (SSSR count). The molecule has 24 heavy (non-hydrogen) atoms. The predicted octanol–water partition coefficient (Wildman–Crippen LogP) is 3.40. The molecule has 2 heterocycles. The van der Waals surface area contributed by atoms with E-state index in [9.17, 15) is 8.78 Å². The van der Waals surface area contributed by atoms with Gasteiger partial charge in [-0.1, -0.05) is 23.7 Å². The molecule has 2 unspecified atom stereocenters. The SMILES string of the molecule is CN1CCC(NC2CCN(CC(F)F)CC2)C1c1ccc(Cl)cc1. The molecule has 1 aromatic rings. The van der Waals surface area contributed by atoms with Crippen molar-refractivity contribution in [2.75, 3.05) is 33.2 Å². The van der Waals surface area contributed by atoms with Crippen LogP contribution in [0.1, 0.15) is 30.9 Å². The van der Waals surface area contributed by atoms with Crippen molar-refractivity contribution in [2.45, 2.75) is 43.8 Å². The summed E-state index contributed by atoms with van der Waals surface area (Å²) in [6.45, 7) is 2.49. The number of hydrogen-bond donors (Lipinski definition) is 1. The number of hydrogen-bond acceptors (Lipinski definition) is 3. The van der Waals surface area contributed by atoms with E-state index >= 15 is 0 Å². The second-order valence-electron chi connectivity index (χ2n) is 7.00. The van der Waals surface area contributed by atoms with Gasteiger partial charge in [0.2, 0.25) is 0 Å². The molecule has 0 spiro atoms. The van der Waals surface area contributed by atoms with Crippen LogP contribution in [-0.4, -0.2) is 61.5 Å². The van der Waals surface area contributed by atoms with Crippen molar-refractivity contribution in [3.8, 4) is 0 Å². The van der Waals surface area contributed by atoms with E-state index in [2.05, 4.69) is 29.4 Å². The van der Waals surface area contributed by atoms with Gasteiger partial charge in [0.05, 0.1) is 6.54 Å². The summed E-state index contributed by atoms with van der Waals surface area (Å²) >= 11 is 6.01. The van der Waals surface area contributed by atoms with E-state index in [-0.39, 0.29) is 6.54 Å². The summed E-state index contributed by atoms with van der Waals surface area (Å²) in [6, 6.07) is 9.28. The number of nitrogens with zero attached hydrogens (tertiary/aromatic N) is 2. The molecule has 0 saturated carbocycles. The number of benzene rings is 1. The highest BCUT2D eigenvalue weighted by molar-refractivity contribution is 6.30. The van der Waals surface area contributed by atoms with Gasteiger partial charge < -0.3 is 5.32 Å². The maximum atomic E-state index is 12.5. The van der Waals surface area contributed by atoms with Crippen LogP contribution in [0.4, 0.5) is 8.78 Å². The van der Waals surface area contributed by atoms with Crippen LogP contribution < -0.4 is 5.32 Å². The van der Waals surface area contributed by atoms with Gasteiger partial charge in [-0.05, 0) is 57.1 Å². The van der Waals surface area contributed by atoms with Crippen LogP contribution in [0.5, 0.6) is 0 Å². The third kappa shape index (κ3) is 4.45. The molecular formula is C18H26ClF2N3. The Hall–Kier alpha value is -0.750. The van der Waals surface area contributed by atoms with Gasteiger partial charge >= 0.3 is 0 Å². The van der Waals surface area contributed by atoms with Crippen LogP contribution in [0.15, 0.2) is 24.3 Å². The van der Waals surface area contributed by atoms with Crippen molar-refractivity contribution in [1.29, 1.82) is 0 Å². The van der Waals surface area contributed by atoms with Crippen molar-refractivity contribution in [3.63, 3.8) is 0 Å². The van der Waals surface area contributed by atoms with Crippen molar-refractivity contribution >= 4 is 11.6 Å². The van der Waals surface area contributed by atoms with Crippen LogP contribution in [0.3, 0.4) is 0 Å². The molecule has 1 aromatic carbocycles. The van der Waals surface area contributed by atoms with E-state index < -0.39 is 6.43 Å². The standard InChI is InChI=1S/C18H26ClF2N3/c1-23-9-8-16(18(23)13-2-4-14(19)5-3-13)22-15-6-10-24(11-7-15)12-17(20)21/h2-5,15-18,22H,6-12H2,1H3. The van der Waals surface area contributed by atoms with E-state index in [0.29, 0.717) is 18.1 Å². The Morgan fingerprint density at radius 3 is 2.42 bits per heavy atom. The van der Waals surface area contributed by atoms with Crippen molar-refractivity contribution in [1.82, 2.24) is 15.1 Å². The first-order chi connectivity index (χ1) is 11.5. The zero-order valence-corrected chi connectivity index (χ0v) is 14.9. The molecule has 2 saturated heterocycles. The van der Waals surface area contributed by atoms with E-state index in [1.54, 1.807) is 0 Å². The minimum atomic E-state index is -2.23. The zero-order valence-electron chi connectivity index (χ0n) is 14.1. The van der Waals surface area contributed by atoms with Crippen LogP contribution >= 0.6 is 11.6 Å². The molecular weight excluding hydrogens is 332 g/mol. The zero-order chi connectivity index (χ0) is 17.1. The highest BCUT2D eigenvalue weighted by Gasteiger charge is 2.34. The molecule has 0 aliphatic carbocycles. The molecule has 0 radical (unpaired) electrons. The quantitative estimate of drug-likeness (QED) is 0.871. The highest BCUT2D eigenvalue weighted by atomic mass is 35.5.